The summed E-state index contributed by atoms with van der Waals surface area (Å²) >= 11 is 0. The standard InChI is InChI=1S/C22H29N3O2.C5H12O/c1-24(22(27)25-16-8-9-17-25)15-7-5-13-21(26)19-11-3-2-10-18(19)20-12-4-6-14-23-20;1-3-4-5-6-2/h2-4,6,10-12,14,21,26H,5,7-9,13,15-17H2,1H3;3-5H2,1-2H3. The molecule has 1 N–H and O–H groups in total. The normalized spacial score (nSPS) is 13.9. The number of ether oxygens (including phenoxy) is 1. The molecule has 1 aromatic heterocycles. The molecule has 6 heteroatoms. The number of aliphatic hydroxyl groups excluding tert-OH is 1. The number of aliphatic hydroxyl groups is 1. The molecular weight excluding hydrogens is 414 g/mol. The first kappa shape index (κ1) is 26.8. The first-order valence-electron chi connectivity index (χ1n) is 12.3. The third-order valence-corrected chi connectivity index (χ3v) is 5.89. The maximum atomic E-state index is 12.3. The Balaban J connectivity index is 0.000000569. The largest absolute Gasteiger partial charge is 0.388 e. The number of rotatable bonds is 10. The lowest BCUT2D eigenvalue weighted by atomic mass is 9.96. The molecule has 0 radical (unpaired) electrons. The fourth-order valence-electron chi connectivity index (χ4n) is 3.92. The number of hydrogen-bond acceptors (Lipinski definition) is 4. The summed E-state index contributed by atoms with van der Waals surface area (Å²) in [5.74, 6) is 0. The number of hydrogen-bond donors (Lipinski definition) is 1. The number of pyridine rings is 1. The number of carbonyl (C=O) groups excluding carboxylic acids is 1. The molecule has 2 aromatic rings. The summed E-state index contributed by atoms with van der Waals surface area (Å²) in [5.41, 5.74) is 2.77. The van der Waals surface area contributed by atoms with E-state index in [2.05, 4.69) is 11.9 Å². The van der Waals surface area contributed by atoms with Crippen LogP contribution in [0.1, 0.15) is 63.5 Å². The number of benzene rings is 1. The van der Waals surface area contributed by atoms with Crippen molar-refractivity contribution in [3.05, 3.63) is 54.2 Å². The van der Waals surface area contributed by atoms with Crippen LogP contribution in [0.2, 0.25) is 0 Å². The molecule has 0 saturated carbocycles. The topological polar surface area (TPSA) is 65.9 Å². The molecule has 1 fully saturated rings. The van der Waals surface area contributed by atoms with Crippen LogP contribution in [0.15, 0.2) is 48.7 Å². The van der Waals surface area contributed by atoms with E-state index in [1.165, 1.54) is 12.8 Å². The van der Waals surface area contributed by atoms with Crippen LogP contribution in [-0.2, 0) is 4.74 Å². The molecule has 1 saturated heterocycles. The van der Waals surface area contributed by atoms with Gasteiger partial charge in [-0.2, -0.15) is 0 Å². The second kappa shape index (κ2) is 15.4. The molecule has 33 heavy (non-hydrogen) atoms. The number of carbonyl (C=O) groups is 1. The molecule has 0 bridgehead atoms. The second-order valence-corrected chi connectivity index (χ2v) is 8.56. The first-order valence-corrected chi connectivity index (χ1v) is 12.3. The van der Waals surface area contributed by atoms with E-state index in [4.69, 9.17) is 4.74 Å². The van der Waals surface area contributed by atoms with Crippen molar-refractivity contribution in [2.75, 3.05) is 40.4 Å². The van der Waals surface area contributed by atoms with Crippen molar-refractivity contribution < 1.29 is 14.6 Å². The Bertz CT molecular complexity index is 790. The number of urea groups is 1. The van der Waals surface area contributed by atoms with Crippen molar-refractivity contribution in [3.63, 3.8) is 0 Å². The molecule has 2 heterocycles. The fourth-order valence-corrected chi connectivity index (χ4v) is 3.92. The Kier molecular flexibility index (Phi) is 12.5. The quantitative estimate of drug-likeness (QED) is 0.478. The van der Waals surface area contributed by atoms with Gasteiger partial charge in [-0.05, 0) is 56.2 Å². The Morgan fingerprint density at radius 3 is 2.48 bits per heavy atom. The number of amides is 2. The molecule has 6 nitrogen and oxygen atoms in total. The number of likely N-dealkylation sites (tertiary alicyclic amines) is 1. The third kappa shape index (κ3) is 9.14. The SMILES string of the molecule is CCCCOC.CN(CCCCC(O)c1ccccc1-c1ccccn1)C(=O)N1CCCC1. The van der Waals surface area contributed by atoms with Crippen molar-refractivity contribution in [2.45, 2.75) is 58.0 Å². The predicted octanol–water partition coefficient (Wildman–Crippen LogP) is 5.53. The van der Waals surface area contributed by atoms with E-state index >= 15 is 0 Å². The lowest BCUT2D eigenvalue weighted by Crippen LogP contribution is -2.39. The molecule has 0 spiro atoms. The molecular formula is C27H41N3O3. The third-order valence-electron chi connectivity index (χ3n) is 5.89. The van der Waals surface area contributed by atoms with Crippen molar-refractivity contribution in [1.82, 2.24) is 14.8 Å². The summed E-state index contributed by atoms with van der Waals surface area (Å²) in [4.78, 5) is 20.4. The van der Waals surface area contributed by atoms with Crippen molar-refractivity contribution in [2.24, 2.45) is 0 Å². The number of aromatic nitrogens is 1. The van der Waals surface area contributed by atoms with Crippen LogP contribution >= 0.6 is 0 Å². The molecule has 1 unspecified atom stereocenters. The van der Waals surface area contributed by atoms with Gasteiger partial charge in [0.05, 0.1) is 11.8 Å². The molecule has 1 aromatic carbocycles. The van der Waals surface area contributed by atoms with Crippen molar-refractivity contribution >= 4 is 6.03 Å². The first-order chi connectivity index (χ1) is 16.1. The maximum absolute atomic E-state index is 12.3. The summed E-state index contributed by atoms with van der Waals surface area (Å²) in [6.07, 6.45) is 8.32. The summed E-state index contributed by atoms with van der Waals surface area (Å²) in [6.45, 7) is 5.55. The Labute approximate surface area is 199 Å². The zero-order chi connectivity index (χ0) is 23.9. The van der Waals surface area contributed by atoms with Gasteiger partial charge in [-0.3, -0.25) is 4.98 Å². The minimum atomic E-state index is -0.525. The maximum Gasteiger partial charge on any atom is 0.319 e. The zero-order valence-corrected chi connectivity index (χ0v) is 20.6. The van der Waals surface area contributed by atoms with Gasteiger partial charge in [0, 0.05) is 52.2 Å². The van der Waals surface area contributed by atoms with Gasteiger partial charge in [-0.25, -0.2) is 4.79 Å². The van der Waals surface area contributed by atoms with Crippen molar-refractivity contribution in [3.8, 4) is 11.3 Å². The average Bonchev–Trinajstić information content (AvgIpc) is 3.40. The lowest BCUT2D eigenvalue weighted by molar-refractivity contribution is 0.158. The van der Waals surface area contributed by atoms with Crippen LogP contribution in [-0.4, -0.2) is 66.3 Å². The summed E-state index contributed by atoms with van der Waals surface area (Å²) in [6, 6.07) is 13.8. The highest BCUT2D eigenvalue weighted by Gasteiger charge is 2.21. The van der Waals surface area contributed by atoms with E-state index in [9.17, 15) is 9.90 Å². The van der Waals surface area contributed by atoms with Gasteiger partial charge in [0.2, 0.25) is 0 Å². The van der Waals surface area contributed by atoms with Gasteiger partial charge in [-0.15, -0.1) is 0 Å². The van der Waals surface area contributed by atoms with E-state index in [0.717, 1.165) is 68.7 Å². The molecule has 0 aliphatic carbocycles. The molecule has 1 atom stereocenters. The summed E-state index contributed by atoms with van der Waals surface area (Å²) < 4.78 is 4.78. The van der Waals surface area contributed by atoms with Gasteiger partial charge < -0.3 is 19.6 Å². The highest BCUT2D eigenvalue weighted by molar-refractivity contribution is 5.74. The number of nitrogens with zero attached hydrogens (tertiary/aromatic N) is 3. The van der Waals surface area contributed by atoms with E-state index < -0.39 is 6.10 Å². The van der Waals surface area contributed by atoms with Crippen molar-refractivity contribution in [1.29, 1.82) is 0 Å². The average molecular weight is 456 g/mol. The highest BCUT2D eigenvalue weighted by Crippen LogP contribution is 2.29. The Morgan fingerprint density at radius 2 is 1.85 bits per heavy atom. The van der Waals surface area contributed by atoms with Crippen LogP contribution in [0.25, 0.3) is 11.3 Å². The Hall–Kier alpha value is -2.44. The van der Waals surface area contributed by atoms with Gasteiger partial charge in [0.15, 0.2) is 0 Å². The molecule has 2 amide bonds. The second-order valence-electron chi connectivity index (χ2n) is 8.56. The minimum Gasteiger partial charge on any atom is -0.388 e. The molecule has 1 aliphatic heterocycles. The van der Waals surface area contributed by atoms with E-state index in [1.54, 1.807) is 18.2 Å². The zero-order valence-electron chi connectivity index (χ0n) is 20.6. The number of unbranched alkanes of at least 4 members (excludes halogenated alkanes) is 2. The Morgan fingerprint density at radius 1 is 1.12 bits per heavy atom. The lowest BCUT2D eigenvalue weighted by Gasteiger charge is -2.24. The van der Waals surface area contributed by atoms with E-state index in [-0.39, 0.29) is 6.03 Å². The van der Waals surface area contributed by atoms with Crippen LogP contribution in [0, 0.1) is 0 Å². The molecule has 3 rings (SSSR count). The fraction of sp³-hybridized carbons (Fsp3) is 0.556. The van der Waals surface area contributed by atoms with E-state index in [1.807, 2.05) is 54.4 Å². The van der Waals surface area contributed by atoms with Crippen LogP contribution in [0.5, 0.6) is 0 Å². The van der Waals surface area contributed by atoms with Crippen LogP contribution in [0.3, 0.4) is 0 Å². The molecule has 182 valence electrons. The smallest absolute Gasteiger partial charge is 0.319 e. The van der Waals surface area contributed by atoms with E-state index in [0.29, 0.717) is 6.42 Å². The van der Waals surface area contributed by atoms with Gasteiger partial charge >= 0.3 is 6.03 Å². The highest BCUT2D eigenvalue weighted by atomic mass is 16.5. The summed E-state index contributed by atoms with van der Waals surface area (Å²) in [5, 5.41) is 10.7. The van der Waals surface area contributed by atoms with Gasteiger partial charge in [0.25, 0.3) is 0 Å². The molecule has 1 aliphatic rings. The van der Waals surface area contributed by atoms with Gasteiger partial charge in [0.1, 0.15) is 0 Å². The van der Waals surface area contributed by atoms with Gasteiger partial charge in [-0.1, -0.05) is 43.7 Å². The monoisotopic (exact) mass is 455 g/mol. The van der Waals surface area contributed by atoms with Crippen LogP contribution < -0.4 is 0 Å². The van der Waals surface area contributed by atoms with Crippen LogP contribution in [0.4, 0.5) is 4.79 Å². The number of methoxy groups -OCH3 is 1. The minimum absolute atomic E-state index is 0.133. The predicted molar refractivity (Wildman–Crippen MR) is 134 cm³/mol. The summed E-state index contributed by atoms with van der Waals surface area (Å²) in [7, 11) is 3.60.